The predicted octanol–water partition coefficient (Wildman–Crippen LogP) is 1.10. The largest absolute Gasteiger partial charge is 0.378 e. The molecular weight excluding hydrogens is 352 g/mol. The molecule has 1 aromatic heterocycles. The number of benzene rings is 1. The molecule has 1 aromatic carbocycles. The van der Waals surface area contributed by atoms with E-state index < -0.39 is 0 Å². The van der Waals surface area contributed by atoms with Crippen LogP contribution in [0.3, 0.4) is 0 Å². The average molecular weight is 374 g/mol. The van der Waals surface area contributed by atoms with E-state index >= 15 is 0 Å². The summed E-state index contributed by atoms with van der Waals surface area (Å²) in [7, 11) is 0. The van der Waals surface area contributed by atoms with E-state index in [9.17, 15) is 9.59 Å². The molecule has 0 saturated carbocycles. The lowest BCUT2D eigenvalue weighted by Gasteiger charge is -2.27. The Kier molecular flexibility index (Phi) is 5.14. The number of nitrogens with zero attached hydrogens (tertiary/aromatic N) is 2. The number of carbonyl (C=O) groups is 2. The molecule has 2 fully saturated rings. The summed E-state index contributed by atoms with van der Waals surface area (Å²) in [5.74, 6) is 1.72. The molecule has 0 aliphatic carbocycles. The summed E-state index contributed by atoms with van der Waals surface area (Å²) in [6.07, 6.45) is 1.92. The maximum absolute atomic E-state index is 12.5. The topological polar surface area (TPSA) is 75.6 Å². The minimum Gasteiger partial charge on any atom is -0.378 e. The van der Waals surface area contributed by atoms with Crippen LogP contribution in [0.4, 0.5) is 5.69 Å². The fourth-order valence-electron chi connectivity index (χ4n) is 3.27. The molecule has 138 valence electrons. The second-order valence-electron chi connectivity index (χ2n) is 6.47. The minimum atomic E-state index is -0.133. The SMILES string of the molecule is O=C(Nc1ccc2c(ccn2CC(=O)N2CCOCC2)c1)C1CSCN1. The first-order valence-electron chi connectivity index (χ1n) is 8.77. The van der Waals surface area contributed by atoms with Gasteiger partial charge in [-0.2, -0.15) is 0 Å². The standard InChI is InChI=1S/C18H22N4O3S/c23-17(21-5-7-25-8-6-21)10-22-4-3-13-9-14(1-2-16(13)22)20-18(24)15-11-26-12-19-15/h1-4,9,15,19H,5-8,10-12H2,(H,20,24). The van der Waals surface area contributed by atoms with E-state index in [0.29, 0.717) is 32.8 Å². The molecule has 7 nitrogen and oxygen atoms in total. The van der Waals surface area contributed by atoms with E-state index in [1.165, 1.54) is 0 Å². The van der Waals surface area contributed by atoms with Crippen molar-refractivity contribution in [2.45, 2.75) is 12.6 Å². The Morgan fingerprint density at radius 1 is 1.27 bits per heavy atom. The van der Waals surface area contributed by atoms with E-state index in [1.807, 2.05) is 39.9 Å². The molecule has 4 rings (SSSR count). The third-order valence-corrected chi connectivity index (χ3v) is 5.68. The van der Waals surface area contributed by atoms with Gasteiger partial charge in [0.15, 0.2) is 0 Å². The molecule has 2 amide bonds. The molecule has 0 spiro atoms. The van der Waals surface area contributed by atoms with E-state index in [-0.39, 0.29) is 17.9 Å². The van der Waals surface area contributed by atoms with Crippen LogP contribution in [0.1, 0.15) is 0 Å². The van der Waals surface area contributed by atoms with Crippen molar-refractivity contribution < 1.29 is 14.3 Å². The molecule has 1 atom stereocenters. The number of nitrogens with one attached hydrogen (secondary N) is 2. The highest BCUT2D eigenvalue weighted by Crippen LogP contribution is 2.21. The lowest BCUT2D eigenvalue weighted by molar-refractivity contribution is -0.135. The summed E-state index contributed by atoms with van der Waals surface area (Å²) in [4.78, 5) is 26.5. The predicted molar refractivity (Wildman–Crippen MR) is 102 cm³/mol. The van der Waals surface area contributed by atoms with Gasteiger partial charge < -0.3 is 19.5 Å². The van der Waals surface area contributed by atoms with Gasteiger partial charge in [0.25, 0.3) is 0 Å². The van der Waals surface area contributed by atoms with Crippen molar-refractivity contribution in [3.63, 3.8) is 0 Å². The number of hydrogen-bond acceptors (Lipinski definition) is 5. The van der Waals surface area contributed by atoms with Gasteiger partial charge in [-0.05, 0) is 24.3 Å². The third kappa shape index (κ3) is 3.72. The molecule has 26 heavy (non-hydrogen) atoms. The van der Waals surface area contributed by atoms with Gasteiger partial charge >= 0.3 is 0 Å². The molecule has 2 aliphatic rings. The number of rotatable bonds is 4. The van der Waals surface area contributed by atoms with Gasteiger partial charge in [-0.25, -0.2) is 0 Å². The summed E-state index contributed by atoms with van der Waals surface area (Å²) in [5.41, 5.74) is 1.76. The number of thioether (sulfide) groups is 1. The van der Waals surface area contributed by atoms with Crippen LogP contribution in [0, 0.1) is 0 Å². The minimum absolute atomic E-state index is 0.00345. The van der Waals surface area contributed by atoms with Crippen LogP contribution in [0.2, 0.25) is 0 Å². The zero-order valence-corrected chi connectivity index (χ0v) is 15.3. The second kappa shape index (κ2) is 7.69. The van der Waals surface area contributed by atoms with Crippen LogP contribution in [-0.4, -0.2) is 65.3 Å². The van der Waals surface area contributed by atoms with Gasteiger partial charge in [0.1, 0.15) is 6.54 Å². The van der Waals surface area contributed by atoms with Crippen LogP contribution < -0.4 is 10.6 Å². The number of carbonyl (C=O) groups excluding carboxylic acids is 2. The highest BCUT2D eigenvalue weighted by Gasteiger charge is 2.22. The maximum Gasteiger partial charge on any atom is 0.242 e. The number of fused-ring (bicyclic) bond motifs is 1. The van der Waals surface area contributed by atoms with Gasteiger partial charge in [0.05, 0.1) is 19.3 Å². The zero-order chi connectivity index (χ0) is 17.9. The Bertz CT molecular complexity index is 810. The van der Waals surface area contributed by atoms with E-state index in [2.05, 4.69) is 10.6 Å². The first kappa shape index (κ1) is 17.4. The molecule has 2 aliphatic heterocycles. The lowest BCUT2D eigenvalue weighted by atomic mass is 10.2. The summed E-state index contributed by atoms with van der Waals surface area (Å²) in [5, 5.41) is 7.14. The molecule has 1 unspecified atom stereocenters. The third-order valence-electron chi connectivity index (χ3n) is 4.74. The Morgan fingerprint density at radius 2 is 2.12 bits per heavy atom. The number of anilines is 1. The fraction of sp³-hybridized carbons (Fsp3) is 0.444. The lowest BCUT2D eigenvalue weighted by Crippen LogP contribution is -2.42. The number of hydrogen-bond donors (Lipinski definition) is 2. The summed E-state index contributed by atoms with van der Waals surface area (Å²) >= 11 is 1.73. The smallest absolute Gasteiger partial charge is 0.242 e. The van der Waals surface area contributed by atoms with Gasteiger partial charge in [-0.15, -0.1) is 11.8 Å². The van der Waals surface area contributed by atoms with Crippen LogP contribution >= 0.6 is 11.8 Å². The van der Waals surface area contributed by atoms with Crippen LogP contribution in [-0.2, 0) is 20.9 Å². The second-order valence-corrected chi connectivity index (χ2v) is 7.50. The van der Waals surface area contributed by atoms with E-state index in [1.54, 1.807) is 11.8 Å². The Labute approximate surface area is 156 Å². The van der Waals surface area contributed by atoms with Gasteiger partial charge in [0.2, 0.25) is 11.8 Å². The quantitative estimate of drug-likeness (QED) is 0.838. The van der Waals surface area contributed by atoms with Crippen LogP contribution in [0.5, 0.6) is 0 Å². The van der Waals surface area contributed by atoms with Crippen LogP contribution in [0.15, 0.2) is 30.5 Å². The highest BCUT2D eigenvalue weighted by atomic mass is 32.2. The summed E-state index contributed by atoms with van der Waals surface area (Å²) < 4.78 is 7.25. The first-order chi connectivity index (χ1) is 12.7. The van der Waals surface area contributed by atoms with Crippen molar-refractivity contribution in [2.24, 2.45) is 0 Å². The first-order valence-corrected chi connectivity index (χ1v) is 9.92. The monoisotopic (exact) mass is 374 g/mol. The van der Waals surface area contributed by atoms with E-state index in [0.717, 1.165) is 28.2 Å². The number of ether oxygens (including phenoxy) is 1. The van der Waals surface area contributed by atoms with Crippen molar-refractivity contribution in [3.05, 3.63) is 30.5 Å². The summed E-state index contributed by atoms with van der Waals surface area (Å²) in [6.45, 7) is 2.84. The Hall–Kier alpha value is -2.03. The van der Waals surface area contributed by atoms with Crippen molar-refractivity contribution in [1.82, 2.24) is 14.8 Å². The van der Waals surface area contributed by atoms with E-state index in [4.69, 9.17) is 4.74 Å². The Morgan fingerprint density at radius 3 is 2.88 bits per heavy atom. The molecule has 3 heterocycles. The van der Waals surface area contributed by atoms with Gasteiger partial charge in [-0.1, -0.05) is 0 Å². The Balaban J connectivity index is 1.44. The zero-order valence-electron chi connectivity index (χ0n) is 14.4. The number of amides is 2. The molecule has 0 bridgehead atoms. The molecule has 2 aromatic rings. The molecular formula is C18H22N4O3S. The average Bonchev–Trinajstić information content (AvgIpc) is 3.33. The number of aromatic nitrogens is 1. The van der Waals surface area contributed by atoms with Crippen molar-refractivity contribution in [1.29, 1.82) is 0 Å². The summed E-state index contributed by atoms with van der Waals surface area (Å²) in [6, 6.07) is 7.63. The van der Waals surface area contributed by atoms with Crippen LogP contribution in [0.25, 0.3) is 10.9 Å². The fourth-order valence-corrected chi connectivity index (χ4v) is 4.21. The molecule has 2 N–H and O–H groups in total. The number of morpholine rings is 1. The molecule has 8 heteroatoms. The maximum atomic E-state index is 12.5. The van der Waals surface area contributed by atoms with Gasteiger partial charge in [0, 0.05) is 47.5 Å². The molecule has 0 radical (unpaired) electrons. The normalized spacial score (nSPS) is 20.5. The highest BCUT2D eigenvalue weighted by molar-refractivity contribution is 7.99. The molecule has 2 saturated heterocycles. The van der Waals surface area contributed by atoms with Crippen molar-refractivity contribution in [3.8, 4) is 0 Å². The van der Waals surface area contributed by atoms with Crippen molar-refractivity contribution >= 4 is 40.2 Å². The van der Waals surface area contributed by atoms with Crippen molar-refractivity contribution in [2.75, 3.05) is 43.2 Å². The van der Waals surface area contributed by atoms with Gasteiger partial charge in [-0.3, -0.25) is 14.9 Å².